The number of ether oxygens (including phenoxy) is 1. The fourth-order valence-electron chi connectivity index (χ4n) is 5.68. The van der Waals surface area contributed by atoms with Gasteiger partial charge in [0.1, 0.15) is 5.60 Å². The molecule has 1 aromatic rings. The lowest BCUT2D eigenvalue weighted by atomic mass is 9.61. The summed E-state index contributed by atoms with van der Waals surface area (Å²) in [6, 6.07) is 3.42. The predicted molar refractivity (Wildman–Crippen MR) is 82.6 cm³/mol. The number of fused-ring (bicyclic) bond motifs is 3. The number of nitrogens with zero attached hydrogens (tertiary/aromatic N) is 1. The van der Waals surface area contributed by atoms with Crippen molar-refractivity contribution in [2.45, 2.75) is 36.5 Å². The molecule has 4 aliphatic rings. The molecule has 5 rings (SSSR count). The summed E-state index contributed by atoms with van der Waals surface area (Å²) in [7, 11) is 2.00. The second-order valence-electron chi connectivity index (χ2n) is 7.48. The Balaban J connectivity index is 1.84. The van der Waals surface area contributed by atoms with E-state index in [0.29, 0.717) is 18.1 Å². The van der Waals surface area contributed by atoms with Crippen LogP contribution in [0.5, 0.6) is 11.5 Å². The number of aryl methyl sites for hydroxylation is 1. The monoisotopic (exact) mass is 313 g/mol. The van der Waals surface area contributed by atoms with Gasteiger partial charge in [0.2, 0.25) is 0 Å². The first-order valence-corrected chi connectivity index (χ1v) is 8.05. The van der Waals surface area contributed by atoms with Gasteiger partial charge in [-0.05, 0) is 50.1 Å². The Kier molecular flexibility index (Phi) is 2.24. The smallest absolute Gasteiger partial charge is 0.196 e. The molecule has 1 spiro atoms. The summed E-state index contributed by atoms with van der Waals surface area (Å²) >= 11 is 0. The zero-order valence-electron chi connectivity index (χ0n) is 13.1. The first kappa shape index (κ1) is 13.6. The van der Waals surface area contributed by atoms with Crippen LogP contribution in [0.4, 0.5) is 0 Å². The fraction of sp³-hybridized carbons (Fsp3) is 0.500. The summed E-state index contributed by atoms with van der Waals surface area (Å²) in [6.45, 7) is 2.86. The standard InChI is InChI=1S/C18H19NO4/c1-9-3-4-11(20)14-13(9)17-7-10-8-19(2)15(10)18(17,22)6-5-12(21)16(17)23-14/h3-6,10,15-16,20,22H,7-8H2,1-2H3/t10?,15-,16+,17?,18-/m1/s1. The first-order chi connectivity index (χ1) is 10.9. The number of phenolic OH excluding ortho intramolecular Hbond substituents is 1. The number of likely N-dealkylation sites (tertiary alicyclic amines) is 1. The number of benzene rings is 1. The molecule has 2 N–H and O–H groups in total. The van der Waals surface area contributed by atoms with Gasteiger partial charge >= 0.3 is 0 Å². The van der Waals surface area contributed by atoms with Gasteiger partial charge in [0.15, 0.2) is 23.4 Å². The molecule has 2 heterocycles. The van der Waals surface area contributed by atoms with Gasteiger partial charge in [0.25, 0.3) is 0 Å². The third-order valence-electron chi connectivity index (χ3n) is 6.43. The van der Waals surface area contributed by atoms with Gasteiger partial charge in [-0.1, -0.05) is 6.07 Å². The highest BCUT2D eigenvalue weighted by Crippen LogP contribution is 2.66. The fourth-order valence-corrected chi connectivity index (χ4v) is 5.68. The largest absolute Gasteiger partial charge is 0.504 e. The molecular formula is C18H19NO4. The van der Waals surface area contributed by atoms with E-state index in [1.54, 1.807) is 12.1 Å². The molecule has 2 aliphatic carbocycles. The van der Waals surface area contributed by atoms with E-state index in [1.165, 1.54) is 6.08 Å². The third kappa shape index (κ3) is 1.24. The molecule has 5 nitrogen and oxygen atoms in total. The van der Waals surface area contributed by atoms with Crippen LogP contribution in [0.15, 0.2) is 24.3 Å². The van der Waals surface area contributed by atoms with E-state index < -0.39 is 17.1 Å². The van der Waals surface area contributed by atoms with Gasteiger partial charge < -0.3 is 14.9 Å². The van der Waals surface area contributed by atoms with Crippen LogP contribution in [-0.2, 0) is 10.2 Å². The number of aliphatic hydroxyl groups is 1. The van der Waals surface area contributed by atoms with Gasteiger partial charge in [-0.15, -0.1) is 0 Å². The molecule has 2 aliphatic heterocycles. The molecular weight excluding hydrogens is 294 g/mol. The summed E-state index contributed by atoms with van der Waals surface area (Å²) in [5.41, 5.74) is -0.180. The normalized spacial score (nSPS) is 43.3. The Hall–Kier alpha value is -1.85. The van der Waals surface area contributed by atoms with Crippen LogP contribution in [0.1, 0.15) is 17.5 Å². The zero-order valence-corrected chi connectivity index (χ0v) is 13.1. The second kappa shape index (κ2) is 3.79. The van der Waals surface area contributed by atoms with E-state index in [0.717, 1.165) is 17.7 Å². The van der Waals surface area contributed by atoms with Crippen LogP contribution < -0.4 is 4.74 Å². The van der Waals surface area contributed by atoms with Crippen molar-refractivity contribution in [2.75, 3.05) is 13.6 Å². The molecule has 23 heavy (non-hydrogen) atoms. The Bertz CT molecular complexity index is 787. The summed E-state index contributed by atoms with van der Waals surface area (Å²) in [5, 5.41) is 21.9. The maximum Gasteiger partial charge on any atom is 0.196 e. The van der Waals surface area contributed by atoms with Gasteiger partial charge in [0.05, 0.1) is 5.41 Å². The topological polar surface area (TPSA) is 70.0 Å². The van der Waals surface area contributed by atoms with Crippen molar-refractivity contribution in [2.24, 2.45) is 5.92 Å². The number of hydrogen-bond donors (Lipinski definition) is 2. The van der Waals surface area contributed by atoms with Crippen molar-refractivity contribution in [3.8, 4) is 11.5 Å². The molecule has 0 aromatic heterocycles. The number of likely N-dealkylation sites (N-methyl/N-ethyl adjacent to an activating group) is 1. The van der Waals surface area contributed by atoms with E-state index in [-0.39, 0.29) is 17.6 Å². The molecule has 0 bridgehead atoms. The van der Waals surface area contributed by atoms with Crippen molar-refractivity contribution >= 4 is 5.78 Å². The first-order valence-electron chi connectivity index (χ1n) is 8.05. The highest BCUT2D eigenvalue weighted by molar-refractivity contribution is 5.99. The molecule has 120 valence electrons. The molecule has 5 atom stereocenters. The van der Waals surface area contributed by atoms with Gasteiger partial charge in [-0.2, -0.15) is 0 Å². The Morgan fingerprint density at radius 2 is 2.17 bits per heavy atom. The minimum absolute atomic E-state index is 0.00866. The van der Waals surface area contributed by atoms with Gasteiger partial charge in [-0.3, -0.25) is 9.69 Å². The number of phenols is 1. The molecule has 1 saturated heterocycles. The van der Waals surface area contributed by atoms with Gasteiger partial charge in [-0.25, -0.2) is 0 Å². The van der Waals surface area contributed by atoms with Crippen LogP contribution >= 0.6 is 0 Å². The van der Waals surface area contributed by atoms with Crippen molar-refractivity contribution in [3.63, 3.8) is 0 Å². The van der Waals surface area contributed by atoms with Crippen LogP contribution in [0.3, 0.4) is 0 Å². The van der Waals surface area contributed by atoms with E-state index >= 15 is 0 Å². The minimum Gasteiger partial charge on any atom is -0.504 e. The van der Waals surface area contributed by atoms with E-state index in [2.05, 4.69) is 4.90 Å². The number of hydrogen-bond acceptors (Lipinski definition) is 5. The van der Waals surface area contributed by atoms with E-state index in [1.807, 2.05) is 20.0 Å². The van der Waals surface area contributed by atoms with Gasteiger partial charge in [0, 0.05) is 18.2 Å². The Morgan fingerprint density at radius 3 is 2.91 bits per heavy atom. The number of ketones is 1. The number of aromatic hydroxyl groups is 1. The lowest BCUT2D eigenvalue weighted by molar-refractivity contribution is -0.133. The SMILES string of the molecule is Cc1ccc(O)c2c1C13CC4CN(C)[C@H]4[C@]1(O)C=CC(=O)[C@@H]3O2. The van der Waals surface area contributed by atoms with Crippen LogP contribution in [0.2, 0.25) is 0 Å². The number of carbonyl (C=O) groups excluding carboxylic acids is 1. The molecule has 2 fully saturated rings. The Labute approximate surface area is 134 Å². The highest BCUT2D eigenvalue weighted by atomic mass is 16.5. The van der Waals surface area contributed by atoms with Crippen molar-refractivity contribution < 1.29 is 19.7 Å². The highest BCUT2D eigenvalue weighted by Gasteiger charge is 2.75. The van der Waals surface area contributed by atoms with Crippen molar-refractivity contribution in [1.82, 2.24) is 4.90 Å². The lowest BCUT2D eigenvalue weighted by Crippen LogP contribution is -2.67. The zero-order chi connectivity index (χ0) is 16.1. The quantitative estimate of drug-likeness (QED) is 0.745. The average molecular weight is 313 g/mol. The van der Waals surface area contributed by atoms with Crippen LogP contribution in [0, 0.1) is 12.8 Å². The van der Waals surface area contributed by atoms with Crippen LogP contribution in [-0.4, -0.2) is 52.2 Å². The summed E-state index contributed by atoms with van der Waals surface area (Å²) in [4.78, 5) is 14.7. The molecule has 1 saturated carbocycles. The van der Waals surface area contributed by atoms with Crippen LogP contribution in [0.25, 0.3) is 0 Å². The maximum absolute atomic E-state index is 12.5. The predicted octanol–water partition coefficient (Wildman–Crippen LogP) is 0.903. The van der Waals surface area contributed by atoms with E-state index in [4.69, 9.17) is 4.74 Å². The maximum atomic E-state index is 12.5. The molecule has 1 aromatic carbocycles. The lowest BCUT2D eigenvalue weighted by Gasteiger charge is -2.50. The summed E-state index contributed by atoms with van der Waals surface area (Å²) in [6.07, 6.45) is 3.08. The summed E-state index contributed by atoms with van der Waals surface area (Å²) in [5.74, 6) is 0.611. The molecule has 0 amide bonds. The molecule has 0 radical (unpaired) electrons. The molecule has 2 unspecified atom stereocenters. The minimum atomic E-state index is -1.15. The Morgan fingerprint density at radius 1 is 1.39 bits per heavy atom. The van der Waals surface area contributed by atoms with Crippen molar-refractivity contribution in [3.05, 3.63) is 35.4 Å². The van der Waals surface area contributed by atoms with E-state index in [9.17, 15) is 15.0 Å². The average Bonchev–Trinajstić information content (AvgIpc) is 2.95. The number of carbonyl (C=O) groups is 1. The number of rotatable bonds is 0. The molecule has 5 heteroatoms. The third-order valence-corrected chi connectivity index (χ3v) is 6.43. The second-order valence-corrected chi connectivity index (χ2v) is 7.48. The summed E-state index contributed by atoms with van der Waals surface area (Å²) < 4.78 is 5.93. The van der Waals surface area contributed by atoms with Crippen molar-refractivity contribution in [1.29, 1.82) is 0 Å².